The van der Waals surface area contributed by atoms with Gasteiger partial charge in [0.25, 0.3) is 5.91 Å². The summed E-state index contributed by atoms with van der Waals surface area (Å²) in [6.45, 7) is 1.36. The molecular formula is C18H16Br2N2O2. The lowest BCUT2D eigenvalue weighted by Gasteiger charge is -2.34. The Balaban J connectivity index is 1.71. The zero-order valence-electron chi connectivity index (χ0n) is 12.9. The summed E-state index contributed by atoms with van der Waals surface area (Å²) in [4.78, 5) is 14.3. The van der Waals surface area contributed by atoms with E-state index in [9.17, 15) is 4.79 Å². The second kappa shape index (κ2) is 7.85. The van der Waals surface area contributed by atoms with Gasteiger partial charge in [-0.25, -0.2) is 0 Å². The standard InChI is InChI=1S/C18H16Br2N2O2/c19-16-17(23)21(11-14-7-3-1-4-8-14)13-22(20)18(16)24-12-15-9-5-2-6-10-15/h1-10H,11-13H2. The topological polar surface area (TPSA) is 32.8 Å². The van der Waals surface area contributed by atoms with E-state index >= 15 is 0 Å². The molecule has 0 unspecified atom stereocenters. The Hall–Kier alpha value is -1.79. The number of benzene rings is 2. The molecule has 0 N–H and O–H groups in total. The van der Waals surface area contributed by atoms with Crippen LogP contribution in [0.4, 0.5) is 0 Å². The van der Waals surface area contributed by atoms with Crippen LogP contribution < -0.4 is 0 Å². The Morgan fingerprint density at radius 1 is 0.958 bits per heavy atom. The lowest BCUT2D eigenvalue weighted by Crippen LogP contribution is -2.42. The van der Waals surface area contributed by atoms with Crippen molar-refractivity contribution >= 4 is 38.0 Å². The molecule has 0 aliphatic carbocycles. The Morgan fingerprint density at radius 2 is 1.54 bits per heavy atom. The van der Waals surface area contributed by atoms with Gasteiger partial charge in [0, 0.05) is 6.54 Å². The summed E-state index contributed by atoms with van der Waals surface area (Å²) >= 11 is 6.86. The molecule has 1 aliphatic rings. The molecule has 2 aromatic rings. The molecule has 0 fully saturated rings. The van der Waals surface area contributed by atoms with Crippen molar-refractivity contribution in [3.8, 4) is 0 Å². The zero-order chi connectivity index (χ0) is 16.9. The van der Waals surface area contributed by atoms with Crippen molar-refractivity contribution in [1.82, 2.24) is 8.83 Å². The van der Waals surface area contributed by atoms with Crippen molar-refractivity contribution in [2.75, 3.05) is 6.67 Å². The third-order valence-electron chi connectivity index (χ3n) is 3.61. The van der Waals surface area contributed by atoms with Gasteiger partial charge in [0.1, 0.15) is 17.8 Å². The highest BCUT2D eigenvalue weighted by molar-refractivity contribution is 9.12. The molecule has 24 heavy (non-hydrogen) atoms. The van der Waals surface area contributed by atoms with E-state index < -0.39 is 0 Å². The minimum absolute atomic E-state index is 0.0855. The SMILES string of the molecule is O=C1C(Br)=C(OCc2ccccc2)N(Br)CN1Cc1ccccc1. The molecule has 6 heteroatoms. The van der Waals surface area contributed by atoms with Crippen LogP contribution in [0.15, 0.2) is 71.0 Å². The minimum Gasteiger partial charge on any atom is -0.473 e. The molecule has 0 spiro atoms. The molecule has 3 rings (SSSR count). The fourth-order valence-electron chi connectivity index (χ4n) is 2.40. The summed E-state index contributed by atoms with van der Waals surface area (Å²) in [6.07, 6.45) is 0. The first-order chi connectivity index (χ1) is 11.6. The summed E-state index contributed by atoms with van der Waals surface area (Å²) in [5.41, 5.74) is 2.13. The van der Waals surface area contributed by atoms with Crippen molar-refractivity contribution in [1.29, 1.82) is 0 Å². The van der Waals surface area contributed by atoms with Gasteiger partial charge in [-0.15, -0.1) is 0 Å². The van der Waals surface area contributed by atoms with E-state index in [1.807, 2.05) is 60.7 Å². The largest absolute Gasteiger partial charge is 0.473 e. The molecular weight excluding hydrogens is 436 g/mol. The maximum atomic E-state index is 12.6. The van der Waals surface area contributed by atoms with Crippen molar-refractivity contribution in [2.45, 2.75) is 13.2 Å². The van der Waals surface area contributed by atoms with Crippen LogP contribution in [0.5, 0.6) is 0 Å². The Labute approximate surface area is 158 Å². The first kappa shape index (κ1) is 17.0. The summed E-state index contributed by atoms with van der Waals surface area (Å²) in [5, 5.41) is 0. The van der Waals surface area contributed by atoms with Crippen LogP contribution in [0.1, 0.15) is 11.1 Å². The monoisotopic (exact) mass is 450 g/mol. The highest BCUT2D eigenvalue weighted by Gasteiger charge is 2.31. The Morgan fingerprint density at radius 3 is 2.17 bits per heavy atom. The van der Waals surface area contributed by atoms with Crippen molar-refractivity contribution < 1.29 is 9.53 Å². The second-order valence-corrected chi connectivity index (χ2v) is 7.03. The van der Waals surface area contributed by atoms with Crippen molar-refractivity contribution in [3.05, 3.63) is 82.2 Å². The first-order valence-corrected chi connectivity index (χ1v) is 8.98. The normalized spacial score (nSPS) is 15.0. The van der Waals surface area contributed by atoms with Crippen LogP contribution in [-0.4, -0.2) is 21.4 Å². The lowest BCUT2D eigenvalue weighted by molar-refractivity contribution is -0.130. The number of ether oxygens (including phenoxy) is 1. The van der Waals surface area contributed by atoms with Gasteiger partial charge in [0.05, 0.1) is 16.1 Å². The van der Waals surface area contributed by atoms with Gasteiger partial charge in [-0.1, -0.05) is 60.7 Å². The predicted octanol–water partition coefficient (Wildman–Crippen LogP) is 4.38. The van der Waals surface area contributed by atoms with Crippen LogP contribution in [-0.2, 0) is 22.7 Å². The molecule has 0 bridgehead atoms. The van der Waals surface area contributed by atoms with Crippen LogP contribution in [0.25, 0.3) is 0 Å². The van der Waals surface area contributed by atoms with Crippen LogP contribution in [0, 0.1) is 0 Å². The molecule has 0 saturated heterocycles. The summed E-state index contributed by atoms with van der Waals surface area (Å²) in [5.74, 6) is 0.408. The van der Waals surface area contributed by atoms with Gasteiger partial charge in [-0.2, -0.15) is 0 Å². The first-order valence-electron chi connectivity index (χ1n) is 7.48. The van der Waals surface area contributed by atoms with E-state index in [4.69, 9.17) is 4.74 Å². The molecule has 0 atom stereocenters. The maximum absolute atomic E-state index is 12.6. The molecule has 2 aromatic carbocycles. The molecule has 0 saturated carbocycles. The summed E-state index contributed by atoms with van der Waals surface area (Å²) in [6, 6.07) is 19.8. The average molecular weight is 452 g/mol. The molecule has 0 radical (unpaired) electrons. The second-order valence-electron chi connectivity index (χ2n) is 5.39. The van der Waals surface area contributed by atoms with E-state index in [-0.39, 0.29) is 5.91 Å². The number of hydrogen-bond donors (Lipinski definition) is 0. The predicted molar refractivity (Wildman–Crippen MR) is 99.8 cm³/mol. The van der Waals surface area contributed by atoms with E-state index in [0.717, 1.165) is 11.1 Å². The number of carbonyl (C=O) groups excluding carboxylic acids is 1. The van der Waals surface area contributed by atoms with Gasteiger partial charge >= 0.3 is 0 Å². The van der Waals surface area contributed by atoms with E-state index in [1.54, 1.807) is 8.83 Å². The molecule has 1 heterocycles. The molecule has 1 aliphatic heterocycles. The van der Waals surface area contributed by atoms with Crippen molar-refractivity contribution in [3.63, 3.8) is 0 Å². The quantitative estimate of drug-likeness (QED) is 0.632. The summed E-state index contributed by atoms with van der Waals surface area (Å²) < 4.78 is 8.00. The van der Waals surface area contributed by atoms with Crippen molar-refractivity contribution in [2.24, 2.45) is 0 Å². The average Bonchev–Trinajstić information content (AvgIpc) is 2.61. The van der Waals surface area contributed by atoms with Gasteiger partial charge < -0.3 is 9.64 Å². The smallest absolute Gasteiger partial charge is 0.268 e. The maximum Gasteiger partial charge on any atom is 0.268 e. The fourth-order valence-corrected chi connectivity index (χ4v) is 3.77. The Bertz CT molecular complexity index is 735. The zero-order valence-corrected chi connectivity index (χ0v) is 16.0. The number of hydrogen-bond acceptors (Lipinski definition) is 3. The highest BCUT2D eigenvalue weighted by Crippen LogP contribution is 2.29. The number of amides is 1. The van der Waals surface area contributed by atoms with E-state index in [2.05, 4.69) is 32.1 Å². The van der Waals surface area contributed by atoms with E-state index in [1.165, 1.54) is 0 Å². The van der Waals surface area contributed by atoms with Gasteiger partial charge in [-0.3, -0.25) is 8.72 Å². The number of nitrogens with zero attached hydrogens (tertiary/aromatic N) is 2. The van der Waals surface area contributed by atoms with Gasteiger partial charge in [0.2, 0.25) is 5.88 Å². The Kier molecular flexibility index (Phi) is 5.58. The molecule has 4 nitrogen and oxygen atoms in total. The minimum atomic E-state index is -0.0855. The van der Waals surface area contributed by atoms with Gasteiger partial charge in [-0.05, 0) is 27.1 Å². The number of halogens is 2. The van der Waals surface area contributed by atoms with Crippen LogP contribution in [0.2, 0.25) is 0 Å². The molecule has 0 aromatic heterocycles. The number of carbonyl (C=O) groups is 1. The fraction of sp³-hybridized carbons (Fsp3) is 0.167. The third kappa shape index (κ3) is 3.99. The van der Waals surface area contributed by atoms with Crippen LogP contribution >= 0.6 is 32.1 Å². The third-order valence-corrected chi connectivity index (χ3v) is 4.84. The number of rotatable bonds is 5. The van der Waals surface area contributed by atoms with E-state index in [0.29, 0.717) is 30.2 Å². The molecule has 1 amide bonds. The summed E-state index contributed by atoms with van der Waals surface area (Å²) in [7, 11) is 0. The molecule has 124 valence electrons. The van der Waals surface area contributed by atoms with Crippen LogP contribution in [0.3, 0.4) is 0 Å². The van der Waals surface area contributed by atoms with Gasteiger partial charge in [0.15, 0.2) is 0 Å². The highest BCUT2D eigenvalue weighted by atomic mass is 79.9. The lowest BCUT2D eigenvalue weighted by atomic mass is 10.2.